The predicted molar refractivity (Wildman–Crippen MR) is 80.4 cm³/mol. The Kier molecular flexibility index (Phi) is 3.43. The molecule has 0 aromatic rings. The van der Waals surface area contributed by atoms with Gasteiger partial charge in [0, 0.05) is 29.7 Å². The average Bonchev–Trinajstić information content (AvgIpc) is 2.61. The van der Waals surface area contributed by atoms with Crippen LogP contribution in [0.25, 0.3) is 0 Å². The Morgan fingerprint density at radius 1 is 1.00 bits per heavy atom. The quantitative estimate of drug-likeness (QED) is 0.799. The van der Waals surface area contributed by atoms with E-state index in [0.717, 1.165) is 12.0 Å². The van der Waals surface area contributed by atoms with E-state index in [-0.39, 0.29) is 11.1 Å². The minimum absolute atomic E-state index is 0.260. The first kappa shape index (κ1) is 13.8. The Hall–Kier alpha value is -0.120. The van der Waals surface area contributed by atoms with Crippen LogP contribution in [-0.4, -0.2) is 47.7 Å². The van der Waals surface area contributed by atoms with Crippen molar-refractivity contribution in [2.75, 3.05) is 19.6 Å². The summed E-state index contributed by atoms with van der Waals surface area (Å²) in [7, 11) is 0. The molecular weight excluding hydrogens is 234 g/mol. The van der Waals surface area contributed by atoms with Crippen molar-refractivity contribution in [3.05, 3.63) is 0 Å². The van der Waals surface area contributed by atoms with Gasteiger partial charge >= 0.3 is 0 Å². The molecule has 2 bridgehead atoms. The summed E-state index contributed by atoms with van der Waals surface area (Å²) in [5, 5.41) is 7.81. The molecule has 3 heteroatoms. The molecule has 3 aliphatic heterocycles. The topological polar surface area (TPSA) is 27.3 Å². The Morgan fingerprint density at radius 3 is 2.32 bits per heavy atom. The molecule has 3 atom stereocenters. The van der Waals surface area contributed by atoms with Crippen molar-refractivity contribution < 1.29 is 0 Å². The van der Waals surface area contributed by atoms with E-state index in [4.69, 9.17) is 0 Å². The molecule has 0 saturated carbocycles. The van der Waals surface area contributed by atoms with Gasteiger partial charge in [-0.05, 0) is 72.4 Å². The van der Waals surface area contributed by atoms with E-state index < -0.39 is 0 Å². The summed E-state index contributed by atoms with van der Waals surface area (Å²) in [5.41, 5.74) is 0.519. The summed E-state index contributed by atoms with van der Waals surface area (Å²) >= 11 is 0. The van der Waals surface area contributed by atoms with Crippen molar-refractivity contribution in [2.45, 2.75) is 76.5 Å². The molecule has 0 amide bonds. The second kappa shape index (κ2) is 4.71. The fraction of sp³-hybridized carbons (Fsp3) is 1.00. The number of hydrogen-bond donors (Lipinski definition) is 2. The largest absolute Gasteiger partial charge is 0.311 e. The third-order valence-electron chi connectivity index (χ3n) is 5.27. The predicted octanol–water partition coefficient (Wildman–Crippen LogP) is 1.98. The van der Waals surface area contributed by atoms with Gasteiger partial charge in [0.05, 0.1) is 0 Å². The zero-order chi connectivity index (χ0) is 13.7. The van der Waals surface area contributed by atoms with Gasteiger partial charge < -0.3 is 15.5 Å². The molecule has 0 aliphatic carbocycles. The van der Waals surface area contributed by atoms with Crippen LogP contribution in [0.4, 0.5) is 0 Å². The molecule has 0 aromatic carbocycles. The first-order valence-electron chi connectivity index (χ1n) is 8.11. The number of rotatable bonds is 2. The number of nitrogens with zero attached hydrogens (tertiary/aromatic N) is 1. The molecule has 3 nitrogen and oxygen atoms in total. The maximum absolute atomic E-state index is 4.03. The van der Waals surface area contributed by atoms with Crippen LogP contribution in [0.3, 0.4) is 0 Å². The lowest BCUT2D eigenvalue weighted by atomic mass is 9.78. The van der Waals surface area contributed by atoms with Gasteiger partial charge in [-0.2, -0.15) is 0 Å². The van der Waals surface area contributed by atoms with E-state index >= 15 is 0 Å². The molecule has 3 fully saturated rings. The SMILES string of the molecule is CC1(C)CC(NC2CCN3CCC2C3)CC(C)(C)N1. The van der Waals surface area contributed by atoms with Gasteiger partial charge in [-0.1, -0.05) is 0 Å². The average molecular weight is 265 g/mol. The van der Waals surface area contributed by atoms with Crippen molar-refractivity contribution in [3.8, 4) is 0 Å². The number of fused-ring (bicyclic) bond motifs is 2. The first-order chi connectivity index (χ1) is 8.83. The van der Waals surface area contributed by atoms with Crippen molar-refractivity contribution in [1.29, 1.82) is 0 Å². The molecule has 2 N–H and O–H groups in total. The summed E-state index contributed by atoms with van der Waals surface area (Å²) in [6.07, 6.45) is 5.28. The van der Waals surface area contributed by atoms with Crippen LogP contribution in [0.2, 0.25) is 0 Å². The number of nitrogens with one attached hydrogen (secondary N) is 2. The van der Waals surface area contributed by atoms with E-state index in [9.17, 15) is 0 Å². The summed E-state index contributed by atoms with van der Waals surface area (Å²) < 4.78 is 0. The highest BCUT2D eigenvalue weighted by atomic mass is 15.2. The van der Waals surface area contributed by atoms with Crippen LogP contribution in [0, 0.1) is 5.92 Å². The minimum Gasteiger partial charge on any atom is -0.311 e. The van der Waals surface area contributed by atoms with Gasteiger partial charge in [0.2, 0.25) is 0 Å². The highest BCUT2D eigenvalue weighted by Gasteiger charge is 2.40. The van der Waals surface area contributed by atoms with Crippen LogP contribution in [0.1, 0.15) is 53.4 Å². The van der Waals surface area contributed by atoms with Crippen molar-refractivity contribution in [1.82, 2.24) is 15.5 Å². The van der Waals surface area contributed by atoms with Crippen molar-refractivity contribution in [2.24, 2.45) is 5.92 Å². The lowest BCUT2D eigenvalue weighted by Crippen LogP contribution is -2.63. The molecule has 3 aliphatic rings. The Balaban J connectivity index is 1.62. The van der Waals surface area contributed by atoms with E-state index in [1.54, 1.807) is 0 Å². The standard InChI is InChI=1S/C16H31N3/c1-15(2)9-13(10-16(3,4)18-15)17-14-6-8-19-7-5-12(14)11-19/h12-14,17-18H,5-11H2,1-4H3. The Morgan fingerprint density at radius 2 is 1.63 bits per heavy atom. The summed E-state index contributed by atoms with van der Waals surface area (Å²) in [6.45, 7) is 13.4. The Bertz CT molecular complexity index is 321. The molecule has 3 unspecified atom stereocenters. The lowest BCUT2D eigenvalue weighted by Gasteiger charge is -2.48. The molecule has 0 radical (unpaired) electrons. The maximum atomic E-state index is 4.03. The van der Waals surface area contributed by atoms with Crippen LogP contribution < -0.4 is 10.6 Å². The van der Waals surface area contributed by atoms with Crippen molar-refractivity contribution >= 4 is 0 Å². The van der Waals surface area contributed by atoms with Gasteiger partial charge in [0.1, 0.15) is 0 Å². The normalized spacial score (nSPS) is 41.4. The zero-order valence-corrected chi connectivity index (χ0v) is 13.1. The molecule has 3 saturated heterocycles. The second-order valence-electron chi connectivity index (χ2n) is 8.41. The van der Waals surface area contributed by atoms with E-state index in [0.29, 0.717) is 6.04 Å². The number of piperidine rings is 2. The van der Waals surface area contributed by atoms with E-state index in [2.05, 4.69) is 43.2 Å². The smallest absolute Gasteiger partial charge is 0.0144 e. The second-order valence-corrected chi connectivity index (χ2v) is 8.41. The molecule has 110 valence electrons. The van der Waals surface area contributed by atoms with Crippen LogP contribution >= 0.6 is 0 Å². The molecule has 0 spiro atoms. The molecule has 0 aromatic heterocycles. The molecule has 19 heavy (non-hydrogen) atoms. The molecule has 3 rings (SSSR count). The molecular formula is C16H31N3. The maximum Gasteiger partial charge on any atom is 0.0144 e. The fourth-order valence-corrected chi connectivity index (χ4v) is 4.91. The van der Waals surface area contributed by atoms with E-state index in [1.807, 2.05) is 0 Å². The van der Waals surface area contributed by atoms with Gasteiger partial charge in [0.15, 0.2) is 0 Å². The third-order valence-corrected chi connectivity index (χ3v) is 5.27. The first-order valence-corrected chi connectivity index (χ1v) is 8.11. The highest BCUT2D eigenvalue weighted by molar-refractivity contribution is 5.01. The van der Waals surface area contributed by atoms with E-state index in [1.165, 1.54) is 45.3 Å². The minimum atomic E-state index is 0.260. The summed E-state index contributed by atoms with van der Waals surface area (Å²) in [6, 6.07) is 1.46. The third kappa shape index (κ3) is 3.14. The van der Waals surface area contributed by atoms with Gasteiger partial charge in [-0.3, -0.25) is 0 Å². The zero-order valence-electron chi connectivity index (χ0n) is 13.1. The van der Waals surface area contributed by atoms with Crippen LogP contribution in [-0.2, 0) is 0 Å². The summed E-state index contributed by atoms with van der Waals surface area (Å²) in [4.78, 5) is 2.64. The highest BCUT2D eigenvalue weighted by Crippen LogP contribution is 2.32. The van der Waals surface area contributed by atoms with Crippen LogP contribution in [0.5, 0.6) is 0 Å². The fourth-order valence-electron chi connectivity index (χ4n) is 4.91. The lowest BCUT2D eigenvalue weighted by molar-refractivity contribution is 0.122. The van der Waals surface area contributed by atoms with Crippen molar-refractivity contribution in [3.63, 3.8) is 0 Å². The number of hydrogen-bond acceptors (Lipinski definition) is 3. The van der Waals surface area contributed by atoms with Gasteiger partial charge in [-0.15, -0.1) is 0 Å². The Labute approximate surface area is 118 Å². The van der Waals surface area contributed by atoms with Crippen LogP contribution in [0.15, 0.2) is 0 Å². The monoisotopic (exact) mass is 265 g/mol. The summed E-state index contributed by atoms with van der Waals surface area (Å²) in [5.74, 6) is 0.912. The molecule has 3 heterocycles. The van der Waals surface area contributed by atoms with Gasteiger partial charge in [0.25, 0.3) is 0 Å². The van der Waals surface area contributed by atoms with Gasteiger partial charge in [-0.25, -0.2) is 0 Å².